The van der Waals surface area contributed by atoms with E-state index in [0.29, 0.717) is 5.76 Å². The smallest absolute Gasteiger partial charge is 0.124 e. The van der Waals surface area contributed by atoms with E-state index in [2.05, 4.69) is 13.2 Å². The summed E-state index contributed by atoms with van der Waals surface area (Å²) in [6, 6.07) is 0. The van der Waals surface area contributed by atoms with Gasteiger partial charge in [0.05, 0.1) is 6.10 Å². The van der Waals surface area contributed by atoms with Crippen molar-refractivity contribution in [3.63, 3.8) is 0 Å². The second-order valence-electron chi connectivity index (χ2n) is 3.05. The molecule has 0 atom stereocenters. The first kappa shape index (κ1) is 9.04. The Labute approximate surface area is 72.2 Å². The molecule has 0 radical (unpaired) electrons. The predicted molar refractivity (Wildman–Crippen MR) is 47.3 cm³/mol. The molecule has 0 aromatic heterocycles. The molecule has 1 aliphatic carbocycles. The van der Waals surface area contributed by atoms with Crippen LogP contribution in [-0.2, 0) is 4.74 Å². The van der Waals surface area contributed by atoms with Crippen molar-refractivity contribution < 1.29 is 9.13 Å². The van der Waals surface area contributed by atoms with Gasteiger partial charge in [-0.2, -0.15) is 0 Å². The fraction of sp³-hybridized carbons (Fsp3) is 0.400. The molecule has 0 aliphatic heterocycles. The third-order valence-corrected chi connectivity index (χ3v) is 1.53. The number of allylic oxidation sites excluding steroid dienone is 3. The average molecular weight is 168 g/mol. The third kappa shape index (κ3) is 2.91. The normalized spacial score (nSPS) is 17.3. The number of hydrogen-bond donors (Lipinski definition) is 0. The second-order valence-corrected chi connectivity index (χ2v) is 3.05. The van der Waals surface area contributed by atoms with Crippen molar-refractivity contribution in [2.24, 2.45) is 0 Å². The van der Waals surface area contributed by atoms with E-state index in [1.54, 1.807) is 6.92 Å². The standard InChI is InChI=1S/C10H13FO/c1-7(2)10(6-8(3)11)12-9-4-5-9/h6,9H,1,3-5H2,2H3/b10-6+. The third-order valence-electron chi connectivity index (χ3n) is 1.53. The van der Waals surface area contributed by atoms with Crippen molar-refractivity contribution in [2.75, 3.05) is 0 Å². The van der Waals surface area contributed by atoms with Gasteiger partial charge in [-0.05, 0) is 25.3 Å². The fourth-order valence-electron chi connectivity index (χ4n) is 0.766. The zero-order valence-corrected chi connectivity index (χ0v) is 7.27. The van der Waals surface area contributed by atoms with Crippen LogP contribution in [0.15, 0.2) is 36.4 Å². The molecule has 0 unspecified atom stereocenters. The molecule has 0 amide bonds. The first-order valence-corrected chi connectivity index (χ1v) is 3.98. The van der Waals surface area contributed by atoms with Crippen LogP contribution < -0.4 is 0 Å². The highest BCUT2D eigenvalue weighted by molar-refractivity contribution is 5.26. The molecule has 0 aromatic rings. The molecule has 1 fully saturated rings. The van der Waals surface area contributed by atoms with Crippen LogP contribution in [0.2, 0.25) is 0 Å². The van der Waals surface area contributed by atoms with Gasteiger partial charge in [-0.1, -0.05) is 13.2 Å². The minimum absolute atomic E-state index is 0.271. The molecule has 1 nitrogen and oxygen atoms in total. The average Bonchev–Trinajstić information content (AvgIpc) is 2.68. The number of halogens is 1. The SMILES string of the molecule is C=C(F)/C=C(/OC1CC1)C(=C)C. The van der Waals surface area contributed by atoms with Crippen LogP contribution in [-0.4, -0.2) is 6.10 Å². The number of rotatable bonds is 4. The van der Waals surface area contributed by atoms with Crippen molar-refractivity contribution >= 4 is 0 Å². The van der Waals surface area contributed by atoms with Crippen molar-refractivity contribution in [1.82, 2.24) is 0 Å². The van der Waals surface area contributed by atoms with E-state index in [0.717, 1.165) is 18.4 Å². The summed E-state index contributed by atoms with van der Waals surface area (Å²) >= 11 is 0. The maximum Gasteiger partial charge on any atom is 0.124 e. The van der Waals surface area contributed by atoms with Gasteiger partial charge in [0.2, 0.25) is 0 Å². The van der Waals surface area contributed by atoms with Crippen molar-refractivity contribution in [1.29, 1.82) is 0 Å². The van der Waals surface area contributed by atoms with Crippen LogP contribution in [0.25, 0.3) is 0 Å². The molecule has 0 bridgehead atoms. The Bertz CT molecular complexity index is 236. The first-order valence-electron chi connectivity index (χ1n) is 3.98. The summed E-state index contributed by atoms with van der Waals surface area (Å²) in [5.74, 6) is 0.0265. The molecule has 1 rings (SSSR count). The topological polar surface area (TPSA) is 9.23 Å². The van der Waals surface area contributed by atoms with Crippen LogP contribution in [0.5, 0.6) is 0 Å². The summed E-state index contributed by atoms with van der Waals surface area (Å²) in [6.45, 7) is 8.62. The summed E-state index contributed by atoms with van der Waals surface area (Å²) in [4.78, 5) is 0. The minimum atomic E-state index is -0.492. The molecule has 0 N–H and O–H groups in total. The molecule has 1 saturated carbocycles. The Morgan fingerprint density at radius 3 is 2.42 bits per heavy atom. The maximum absolute atomic E-state index is 12.4. The van der Waals surface area contributed by atoms with Gasteiger partial charge in [-0.15, -0.1) is 0 Å². The Balaban J connectivity index is 2.58. The summed E-state index contributed by atoms with van der Waals surface area (Å²) in [5.41, 5.74) is 0.737. The lowest BCUT2D eigenvalue weighted by Crippen LogP contribution is -1.95. The van der Waals surface area contributed by atoms with E-state index >= 15 is 0 Å². The van der Waals surface area contributed by atoms with E-state index < -0.39 is 5.83 Å². The van der Waals surface area contributed by atoms with Crippen molar-refractivity contribution in [2.45, 2.75) is 25.9 Å². The lowest BCUT2D eigenvalue weighted by atomic mass is 10.2. The van der Waals surface area contributed by atoms with Gasteiger partial charge in [-0.3, -0.25) is 0 Å². The molecule has 12 heavy (non-hydrogen) atoms. The molecule has 2 heteroatoms. The Hall–Kier alpha value is -1.05. The Morgan fingerprint density at radius 1 is 1.50 bits per heavy atom. The van der Waals surface area contributed by atoms with Crippen LogP contribution in [0, 0.1) is 0 Å². The highest BCUT2D eigenvalue weighted by atomic mass is 19.1. The van der Waals surface area contributed by atoms with Gasteiger partial charge in [0.15, 0.2) is 0 Å². The van der Waals surface area contributed by atoms with E-state index in [1.165, 1.54) is 6.08 Å². The van der Waals surface area contributed by atoms with Crippen LogP contribution in [0.4, 0.5) is 4.39 Å². The minimum Gasteiger partial charge on any atom is -0.490 e. The summed E-state index contributed by atoms with van der Waals surface area (Å²) < 4.78 is 17.8. The van der Waals surface area contributed by atoms with E-state index in [1.807, 2.05) is 0 Å². The molecule has 0 saturated heterocycles. The molecule has 0 heterocycles. The highest BCUT2D eigenvalue weighted by Crippen LogP contribution is 2.28. The van der Waals surface area contributed by atoms with Gasteiger partial charge in [0.1, 0.15) is 11.6 Å². The second kappa shape index (κ2) is 3.57. The maximum atomic E-state index is 12.4. The number of ether oxygens (including phenoxy) is 1. The van der Waals surface area contributed by atoms with E-state index in [-0.39, 0.29) is 6.10 Å². The van der Waals surface area contributed by atoms with Gasteiger partial charge in [0.25, 0.3) is 0 Å². The van der Waals surface area contributed by atoms with Gasteiger partial charge in [0, 0.05) is 6.08 Å². The summed E-state index contributed by atoms with van der Waals surface area (Å²) in [6.07, 6.45) is 3.67. The lowest BCUT2D eigenvalue weighted by molar-refractivity contribution is 0.204. The molecule has 66 valence electrons. The largest absolute Gasteiger partial charge is 0.490 e. The quantitative estimate of drug-likeness (QED) is 0.463. The molecule has 0 spiro atoms. The molecule has 1 aliphatic rings. The van der Waals surface area contributed by atoms with Crippen LogP contribution in [0.3, 0.4) is 0 Å². The molecular weight excluding hydrogens is 155 g/mol. The monoisotopic (exact) mass is 168 g/mol. The molecular formula is C10H13FO. The highest BCUT2D eigenvalue weighted by Gasteiger charge is 2.24. The van der Waals surface area contributed by atoms with Gasteiger partial charge >= 0.3 is 0 Å². The predicted octanol–water partition coefficient (Wildman–Crippen LogP) is 3.11. The zero-order chi connectivity index (χ0) is 9.14. The summed E-state index contributed by atoms with van der Waals surface area (Å²) in [7, 11) is 0. The van der Waals surface area contributed by atoms with E-state index in [9.17, 15) is 4.39 Å². The van der Waals surface area contributed by atoms with Crippen molar-refractivity contribution in [3.05, 3.63) is 36.4 Å². The van der Waals surface area contributed by atoms with Crippen LogP contribution in [0.1, 0.15) is 19.8 Å². The zero-order valence-electron chi connectivity index (χ0n) is 7.27. The fourth-order valence-corrected chi connectivity index (χ4v) is 0.766. The van der Waals surface area contributed by atoms with Gasteiger partial charge < -0.3 is 4.74 Å². The van der Waals surface area contributed by atoms with Crippen LogP contribution >= 0.6 is 0 Å². The Kier molecular flexibility index (Phi) is 2.69. The van der Waals surface area contributed by atoms with Crippen molar-refractivity contribution in [3.8, 4) is 0 Å². The Morgan fingerprint density at radius 2 is 2.08 bits per heavy atom. The molecule has 0 aromatic carbocycles. The first-order chi connectivity index (χ1) is 5.59. The van der Waals surface area contributed by atoms with Gasteiger partial charge in [-0.25, -0.2) is 4.39 Å². The lowest BCUT2D eigenvalue weighted by Gasteiger charge is -2.07. The summed E-state index contributed by atoms with van der Waals surface area (Å²) in [5, 5.41) is 0. The number of hydrogen-bond acceptors (Lipinski definition) is 1. The van der Waals surface area contributed by atoms with E-state index in [4.69, 9.17) is 4.74 Å².